The van der Waals surface area contributed by atoms with E-state index in [1.165, 1.54) is 32.1 Å². The molecule has 0 unspecified atom stereocenters. The standard InChI is InChI=1S/C11H28N4Si/c1-12-11(13-2,9-14-16)15(3)10-7-5-4-6-8-10/h10,12-14H,4-9H2,1-3,16H3. The second-order valence-corrected chi connectivity index (χ2v) is 5.50. The zero-order valence-electron chi connectivity index (χ0n) is 11.3. The highest BCUT2D eigenvalue weighted by Gasteiger charge is 2.35. The lowest BCUT2D eigenvalue weighted by Gasteiger charge is -2.46. The van der Waals surface area contributed by atoms with Crippen LogP contribution in [0.1, 0.15) is 32.1 Å². The maximum Gasteiger partial charge on any atom is 0.137 e. The minimum absolute atomic E-state index is 0.0935. The monoisotopic (exact) mass is 244 g/mol. The zero-order valence-corrected chi connectivity index (χ0v) is 13.3. The fraction of sp³-hybridized carbons (Fsp3) is 1.00. The summed E-state index contributed by atoms with van der Waals surface area (Å²) in [6, 6.07) is 0.712. The maximum absolute atomic E-state index is 3.44. The predicted molar refractivity (Wildman–Crippen MR) is 73.4 cm³/mol. The third-order valence-electron chi connectivity index (χ3n) is 3.98. The smallest absolute Gasteiger partial charge is 0.137 e. The first-order chi connectivity index (χ1) is 7.70. The Hall–Kier alpha value is 0.0569. The molecule has 0 heterocycles. The second kappa shape index (κ2) is 6.71. The Morgan fingerprint density at radius 1 is 1.19 bits per heavy atom. The van der Waals surface area contributed by atoms with Crippen LogP contribution in [0.15, 0.2) is 0 Å². The highest BCUT2D eigenvalue weighted by Crippen LogP contribution is 2.24. The first-order valence-electron chi connectivity index (χ1n) is 6.45. The highest BCUT2D eigenvalue weighted by molar-refractivity contribution is 6.04. The predicted octanol–water partition coefficient (Wildman–Crippen LogP) is -0.786. The molecular weight excluding hydrogens is 216 g/mol. The Labute approximate surface area is 103 Å². The Bertz CT molecular complexity index is 190. The first-order valence-corrected chi connectivity index (χ1v) is 7.45. The molecule has 0 amide bonds. The number of hydrogen-bond donors (Lipinski definition) is 3. The van der Waals surface area contributed by atoms with Crippen molar-refractivity contribution >= 4 is 10.4 Å². The van der Waals surface area contributed by atoms with Crippen molar-refractivity contribution in [2.45, 2.75) is 43.9 Å². The topological polar surface area (TPSA) is 39.3 Å². The number of nitrogens with one attached hydrogen (secondary N) is 3. The van der Waals surface area contributed by atoms with Gasteiger partial charge in [-0.05, 0) is 34.0 Å². The number of rotatable bonds is 6. The van der Waals surface area contributed by atoms with Gasteiger partial charge in [-0.15, -0.1) is 0 Å². The summed E-state index contributed by atoms with van der Waals surface area (Å²) in [7, 11) is 7.34. The molecule has 96 valence electrons. The van der Waals surface area contributed by atoms with Crippen LogP contribution in [0.2, 0.25) is 0 Å². The third kappa shape index (κ3) is 3.04. The molecule has 0 aromatic carbocycles. The summed E-state index contributed by atoms with van der Waals surface area (Å²) in [5, 5.41) is 6.88. The molecule has 0 radical (unpaired) electrons. The fourth-order valence-electron chi connectivity index (χ4n) is 2.82. The van der Waals surface area contributed by atoms with Gasteiger partial charge in [0.25, 0.3) is 0 Å². The van der Waals surface area contributed by atoms with Crippen LogP contribution in [0.5, 0.6) is 0 Å². The average Bonchev–Trinajstić information content (AvgIpc) is 2.36. The molecule has 16 heavy (non-hydrogen) atoms. The molecule has 0 bridgehead atoms. The van der Waals surface area contributed by atoms with Gasteiger partial charge in [0.1, 0.15) is 5.79 Å². The number of likely N-dealkylation sites (N-methyl/N-ethyl adjacent to an activating group) is 3. The van der Waals surface area contributed by atoms with E-state index in [0.29, 0.717) is 6.04 Å². The molecule has 3 N–H and O–H groups in total. The quantitative estimate of drug-likeness (QED) is 0.423. The summed E-state index contributed by atoms with van der Waals surface area (Å²) in [5.41, 5.74) is 0. The zero-order chi connectivity index (χ0) is 12.0. The Balaban J connectivity index is 2.67. The molecule has 0 aromatic heterocycles. The van der Waals surface area contributed by atoms with Crippen LogP contribution in [0.25, 0.3) is 0 Å². The van der Waals surface area contributed by atoms with E-state index in [4.69, 9.17) is 0 Å². The van der Waals surface area contributed by atoms with Gasteiger partial charge in [0.2, 0.25) is 0 Å². The van der Waals surface area contributed by atoms with Gasteiger partial charge in [0, 0.05) is 12.6 Å². The van der Waals surface area contributed by atoms with Crippen molar-refractivity contribution < 1.29 is 0 Å². The lowest BCUT2D eigenvalue weighted by molar-refractivity contribution is 0.0130. The van der Waals surface area contributed by atoms with Crippen LogP contribution in [0.3, 0.4) is 0 Å². The molecule has 5 heteroatoms. The van der Waals surface area contributed by atoms with E-state index in [0.717, 1.165) is 16.9 Å². The number of nitrogens with zero attached hydrogens (tertiary/aromatic N) is 1. The summed E-state index contributed by atoms with van der Waals surface area (Å²) >= 11 is 0. The third-order valence-corrected chi connectivity index (χ3v) is 4.34. The van der Waals surface area contributed by atoms with Gasteiger partial charge in [-0.2, -0.15) is 0 Å². The van der Waals surface area contributed by atoms with E-state index in [1.54, 1.807) is 0 Å². The molecule has 0 saturated heterocycles. The van der Waals surface area contributed by atoms with E-state index in [-0.39, 0.29) is 5.79 Å². The minimum atomic E-state index is -0.0935. The lowest BCUT2D eigenvalue weighted by Crippen LogP contribution is -2.71. The van der Waals surface area contributed by atoms with Gasteiger partial charge in [-0.1, -0.05) is 19.3 Å². The molecule has 1 saturated carbocycles. The van der Waals surface area contributed by atoms with Crippen molar-refractivity contribution in [2.75, 3.05) is 27.7 Å². The summed E-state index contributed by atoms with van der Waals surface area (Å²) in [6.07, 6.45) is 6.85. The molecule has 1 rings (SSSR count). The SMILES string of the molecule is CNC(CN[SiH3])(NC)N(C)C1CCCCC1. The molecule has 1 fully saturated rings. The van der Waals surface area contributed by atoms with E-state index in [9.17, 15) is 0 Å². The summed E-state index contributed by atoms with van der Waals surface area (Å²) < 4.78 is 0. The van der Waals surface area contributed by atoms with E-state index in [1.807, 2.05) is 14.1 Å². The maximum atomic E-state index is 3.44. The van der Waals surface area contributed by atoms with Crippen LogP contribution in [0.4, 0.5) is 0 Å². The van der Waals surface area contributed by atoms with Gasteiger partial charge in [-0.25, -0.2) is 0 Å². The Morgan fingerprint density at radius 2 is 1.75 bits per heavy atom. The van der Waals surface area contributed by atoms with Gasteiger partial charge in [0.15, 0.2) is 0 Å². The van der Waals surface area contributed by atoms with Crippen molar-refractivity contribution in [3.05, 3.63) is 0 Å². The van der Waals surface area contributed by atoms with Gasteiger partial charge < -0.3 is 4.98 Å². The van der Waals surface area contributed by atoms with Gasteiger partial charge >= 0.3 is 0 Å². The average molecular weight is 244 g/mol. The molecule has 0 atom stereocenters. The van der Waals surface area contributed by atoms with Crippen LogP contribution in [-0.2, 0) is 0 Å². The van der Waals surface area contributed by atoms with Gasteiger partial charge in [0.05, 0.1) is 10.4 Å². The van der Waals surface area contributed by atoms with Crippen molar-refractivity contribution in [2.24, 2.45) is 0 Å². The molecular formula is C11H28N4Si. The lowest BCUT2D eigenvalue weighted by atomic mass is 9.93. The van der Waals surface area contributed by atoms with E-state index >= 15 is 0 Å². The Morgan fingerprint density at radius 3 is 2.19 bits per heavy atom. The van der Waals surface area contributed by atoms with E-state index < -0.39 is 0 Å². The number of hydrogen-bond acceptors (Lipinski definition) is 4. The van der Waals surface area contributed by atoms with Crippen LogP contribution in [0, 0.1) is 0 Å². The normalized spacial score (nSPS) is 19.5. The van der Waals surface area contributed by atoms with Crippen molar-refractivity contribution in [3.63, 3.8) is 0 Å². The van der Waals surface area contributed by atoms with Crippen LogP contribution in [-0.4, -0.2) is 54.8 Å². The van der Waals surface area contributed by atoms with Crippen LogP contribution < -0.4 is 15.6 Å². The second-order valence-electron chi connectivity index (χ2n) is 4.79. The van der Waals surface area contributed by atoms with Crippen LogP contribution >= 0.6 is 0 Å². The fourth-order valence-corrected chi connectivity index (χ4v) is 3.33. The Kier molecular flexibility index (Phi) is 5.92. The van der Waals surface area contributed by atoms with Crippen molar-refractivity contribution in [1.82, 2.24) is 20.5 Å². The largest absolute Gasteiger partial charge is 0.341 e. The minimum Gasteiger partial charge on any atom is -0.341 e. The summed E-state index contributed by atoms with van der Waals surface area (Å²) in [5.74, 6) is -0.0935. The molecule has 4 nitrogen and oxygen atoms in total. The summed E-state index contributed by atoms with van der Waals surface area (Å²) in [6.45, 7) is 0.958. The molecule has 0 spiro atoms. The van der Waals surface area contributed by atoms with Gasteiger partial charge in [-0.3, -0.25) is 15.5 Å². The molecule has 1 aliphatic carbocycles. The highest BCUT2D eigenvalue weighted by atomic mass is 28.2. The first kappa shape index (κ1) is 14.1. The van der Waals surface area contributed by atoms with E-state index in [2.05, 4.69) is 27.6 Å². The van der Waals surface area contributed by atoms with Crippen molar-refractivity contribution in [3.8, 4) is 0 Å². The van der Waals surface area contributed by atoms with Crippen molar-refractivity contribution in [1.29, 1.82) is 0 Å². The molecule has 0 aliphatic heterocycles. The molecule has 0 aromatic rings. The molecule has 1 aliphatic rings. The summed E-state index contributed by atoms with van der Waals surface area (Å²) in [4.78, 5) is 5.89.